The van der Waals surface area contributed by atoms with E-state index in [-0.39, 0.29) is 17.7 Å². The van der Waals surface area contributed by atoms with Crippen molar-refractivity contribution >= 4 is 11.9 Å². The van der Waals surface area contributed by atoms with Crippen LogP contribution >= 0.6 is 0 Å². The number of piperidine rings is 1. The van der Waals surface area contributed by atoms with Crippen LogP contribution in [0.4, 0.5) is 0 Å². The normalized spacial score (nSPS) is 17.0. The lowest BCUT2D eigenvalue weighted by atomic mass is 9.86. The molecule has 0 spiro atoms. The second kappa shape index (κ2) is 8.11. The number of ether oxygens (including phenoxy) is 1. The Morgan fingerprint density at radius 3 is 2.57 bits per heavy atom. The van der Waals surface area contributed by atoms with Crippen molar-refractivity contribution < 1.29 is 19.4 Å². The van der Waals surface area contributed by atoms with Crippen LogP contribution in [0, 0.1) is 5.92 Å². The molecule has 2 rings (SSSR count). The second-order valence-corrected chi connectivity index (χ2v) is 6.31. The molecule has 0 aliphatic carbocycles. The van der Waals surface area contributed by atoms with E-state index in [9.17, 15) is 14.7 Å². The first-order valence-corrected chi connectivity index (χ1v) is 8.11. The van der Waals surface area contributed by atoms with Crippen LogP contribution in [-0.2, 0) is 9.53 Å². The minimum absolute atomic E-state index is 0.166. The Balaban J connectivity index is 1.94. The van der Waals surface area contributed by atoms with Crippen LogP contribution < -0.4 is 0 Å². The Bertz CT molecular complexity index is 550. The molecule has 23 heavy (non-hydrogen) atoms. The number of carboxylic acid groups (broad SMARTS) is 1. The zero-order chi connectivity index (χ0) is 16.8. The van der Waals surface area contributed by atoms with Crippen LogP contribution in [0.1, 0.15) is 48.0 Å². The van der Waals surface area contributed by atoms with Gasteiger partial charge in [-0.15, -0.1) is 0 Å². The molecule has 0 radical (unpaired) electrons. The highest BCUT2D eigenvalue weighted by atomic mass is 16.5. The lowest BCUT2D eigenvalue weighted by Crippen LogP contribution is -2.39. The molecule has 1 saturated heterocycles. The maximum absolute atomic E-state index is 12.3. The van der Waals surface area contributed by atoms with Crippen molar-refractivity contribution in [3.8, 4) is 0 Å². The van der Waals surface area contributed by atoms with E-state index in [1.807, 2.05) is 24.0 Å². The van der Waals surface area contributed by atoms with Crippen LogP contribution in [0.25, 0.3) is 0 Å². The first-order valence-electron chi connectivity index (χ1n) is 8.11. The number of nitrogens with zero attached hydrogens (tertiary/aromatic N) is 1. The summed E-state index contributed by atoms with van der Waals surface area (Å²) in [5.74, 6) is -0.285. The molecule has 5 nitrogen and oxygen atoms in total. The predicted octanol–water partition coefficient (Wildman–Crippen LogP) is 2.76. The summed E-state index contributed by atoms with van der Waals surface area (Å²) >= 11 is 0. The Labute approximate surface area is 137 Å². The zero-order valence-corrected chi connectivity index (χ0v) is 13.8. The molecule has 1 amide bonds. The van der Waals surface area contributed by atoms with Crippen molar-refractivity contribution in [2.24, 2.45) is 5.92 Å². The van der Waals surface area contributed by atoms with Gasteiger partial charge in [-0.25, -0.2) is 4.79 Å². The Hall–Kier alpha value is -1.88. The van der Waals surface area contributed by atoms with E-state index in [0.717, 1.165) is 18.4 Å². The summed E-state index contributed by atoms with van der Waals surface area (Å²) in [6.07, 6.45) is 2.13. The van der Waals surface area contributed by atoms with E-state index >= 15 is 0 Å². The fourth-order valence-corrected chi connectivity index (χ4v) is 3.26. The molecule has 1 atom stereocenters. The van der Waals surface area contributed by atoms with Gasteiger partial charge in [0.1, 0.15) is 0 Å². The van der Waals surface area contributed by atoms with Crippen molar-refractivity contribution in [2.75, 3.05) is 26.8 Å². The minimum atomic E-state index is -0.882. The summed E-state index contributed by atoms with van der Waals surface area (Å²) in [7, 11) is 1.65. The number of rotatable bonds is 6. The van der Waals surface area contributed by atoms with Gasteiger partial charge >= 0.3 is 5.97 Å². The van der Waals surface area contributed by atoms with Gasteiger partial charge in [-0.05, 0) is 36.3 Å². The number of aromatic carboxylic acids is 1. The van der Waals surface area contributed by atoms with Crippen LogP contribution in [0.2, 0.25) is 0 Å². The molecular formula is C18H25NO4. The van der Waals surface area contributed by atoms with E-state index in [1.54, 1.807) is 19.2 Å². The Morgan fingerprint density at radius 1 is 1.30 bits per heavy atom. The lowest BCUT2D eigenvalue weighted by molar-refractivity contribution is -0.133. The van der Waals surface area contributed by atoms with Crippen molar-refractivity contribution in [3.05, 3.63) is 35.4 Å². The number of methoxy groups -OCH3 is 1. The summed E-state index contributed by atoms with van der Waals surface area (Å²) in [4.78, 5) is 25.5. The first kappa shape index (κ1) is 17.5. The fraction of sp³-hybridized carbons (Fsp3) is 0.556. The number of amides is 1. The quantitative estimate of drug-likeness (QED) is 0.875. The largest absolute Gasteiger partial charge is 0.478 e. The van der Waals surface area contributed by atoms with Crippen LogP contribution in [0.15, 0.2) is 24.3 Å². The van der Waals surface area contributed by atoms with E-state index in [1.165, 1.54) is 0 Å². The molecule has 1 unspecified atom stereocenters. The molecule has 1 heterocycles. The third kappa shape index (κ3) is 4.55. The monoisotopic (exact) mass is 319 g/mol. The molecule has 126 valence electrons. The maximum Gasteiger partial charge on any atom is 0.335 e. The van der Waals surface area contributed by atoms with Crippen molar-refractivity contribution in [1.29, 1.82) is 0 Å². The number of carboxylic acids is 1. The zero-order valence-electron chi connectivity index (χ0n) is 13.8. The topological polar surface area (TPSA) is 66.8 Å². The smallest absolute Gasteiger partial charge is 0.335 e. The van der Waals surface area contributed by atoms with Crippen molar-refractivity contribution in [3.63, 3.8) is 0 Å². The molecule has 0 bridgehead atoms. The van der Waals surface area contributed by atoms with Crippen LogP contribution in [0.3, 0.4) is 0 Å². The number of hydrogen-bond donors (Lipinski definition) is 1. The highest BCUT2D eigenvalue weighted by molar-refractivity contribution is 5.89. The third-order valence-corrected chi connectivity index (χ3v) is 4.45. The van der Waals surface area contributed by atoms with E-state index in [2.05, 4.69) is 0 Å². The summed E-state index contributed by atoms with van der Waals surface area (Å²) in [5.41, 5.74) is 1.27. The van der Waals surface area contributed by atoms with Crippen LogP contribution in [-0.4, -0.2) is 48.7 Å². The van der Waals surface area contributed by atoms with Crippen molar-refractivity contribution in [2.45, 2.75) is 32.1 Å². The molecule has 1 aliphatic heterocycles. The molecule has 1 aliphatic rings. The van der Waals surface area contributed by atoms with Crippen molar-refractivity contribution in [1.82, 2.24) is 4.90 Å². The van der Waals surface area contributed by atoms with E-state index < -0.39 is 5.97 Å². The van der Waals surface area contributed by atoms with Gasteiger partial charge < -0.3 is 14.7 Å². The average molecular weight is 319 g/mol. The van der Waals surface area contributed by atoms with Crippen LogP contribution in [0.5, 0.6) is 0 Å². The molecule has 1 fully saturated rings. The molecule has 5 heteroatoms. The minimum Gasteiger partial charge on any atom is -0.478 e. The Morgan fingerprint density at radius 2 is 1.96 bits per heavy atom. The summed E-state index contributed by atoms with van der Waals surface area (Å²) in [6.45, 7) is 3.99. The summed E-state index contributed by atoms with van der Waals surface area (Å²) in [5, 5.41) is 9.31. The highest BCUT2D eigenvalue weighted by Crippen LogP contribution is 2.30. The molecule has 1 aromatic rings. The molecule has 0 saturated carbocycles. The van der Waals surface area contributed by atoms with Gasteiger partial charge in [0, 0.05) is 33.2 Å². The number of carbonyl (C=O) groups excluding carboxylic acids is 1. The average Bonchev–Trinajstić information content (AvgIpc) is 2.55. The number of hydrogen-bond acceptors (Lipinski definition) is 3. The summed E-state index contributed by atoms with van der Waals surface area (Å²) < 4.78 is 5.08. The van der Waals surface area contributed by atoms with Gasteiger partial charge in [-0.3, -0.25) is 4.79 Å². The van der Waals surface area contributed by atoms with Gasteiger partial charge in [0.25, 0.3) is 0 Å². The lowest BCUT2D eigenvalue weighted by Gasteiger charge is -2.33. The van der Waals surface area contributed by atoms with Gasteiger partial charge in [-0.1, -0.05) is 25.1 Å². The second-order valence-electron chi connectivity index (χ2n) is 6.31. The Kier molecular flexibility index (Phi) is 6.16. The predicted molar refractivity (Wildman–Crippen MR) is 87.6 cm³/mol. The third-order valence-electron chi connectivity index (χ3n) is 4.45. The highest BCUT2D eigenvalue weighted by Gasteiger charge is 2.26. The van der Waals surface area contributed by atoms with E-state index in [0.29, 0.717) is 31.7 Å². The SMILES string of the molecule is COCC(C)CC(=O)N1CCC(c2ccccc2C(=O)O)CC1. The summed E-state index contributed by atoms with van der Waals surface area (Å²) in [6, 6.07) is 7.18. The molecule has 1 aromatic carbocycles. The standard InChI is InChI=1S/C18H25NO4/c1-13(12-23-2)11-17(20)19-9-7-14(8-10-19)15-5-3-4-6-16(15)18(21)22/h3-6,13-14H,7-12H2,1-2H3,(H,21,22). The molecule has 0 aromatic heterocycles. The van der Waals surface area contributed by atoms with Gasteiger partial charge in [-0.2, -0.15) is 0 Å². The fourth-order valence-electron chi connectivity index (χ4n) is 3.26. The molecule has 1 N–H and O–H groups in total. The number of carbonyl (C=O) groups is 2. The van der Waals surface area contributed by atoms with E-state index in [4.69, 9.17) is 4.74 Å². The first-order chi connectivity index (χ1) is 11.0. The molecular weight excluding hydrogens is 294 g/mol. The maximum atomic E-state index is 12.3. The number of likely N-dealkylation sites (tertiary alicyclic amines) is 1. The van der Waals surface area contributed by atoms with Gasteiger partial charge in [0.2, 0.25) is 5.91 Å². The van der Waals surface area contributed by atoms with Gasteiger partial charge in [0.05, 0.1) is 5.56 Å². The van der Waals surface area contributed by atoms with Gasteiger partial charge in [0.15, 0.2) is 0 Å². The number of benzene rings is 1.